The van der Waals surface area contributed by atoms with Crippen LogP contribution in [-0.2, 0) is 0 Å². The summed E-state index contributed by atoms with van der Waals surface area (Å²) in [5, 5.41) is 28.3. The van der Waals surface area contributed by atoms with E-state index < -0.39 is 4.92 Å². The second kappa shape index (κ2) is 7.11. The maximum absolute atomic E-state index is 10.7. The summed E-state index contributed by atoms with van der Waals surface area (Å²) in [7, 11) is 0. The maximum atomic E-state index is 10.7. The molecular formula is C18H12ClN3O3. The Bertz CT molecular complexity index is 939. The Labute approximate surface area is 148 Å². The molecule has 0 heterocycles. The Kier molecular flexibility index (Phi) is 4.72. The van der Waals surface area contributed by atoms with Gasteiger partial charge in [-0.05, 0) is 41.5 Å². The lowest BCUT2D eigenvalue weighted by atomic mass is 10.1. The molecule has 0 aliphatic carbocycles. The van der Waals surface area contributed by atoms with E-state index in [2.05, 4.69) is 10.2 Å². The summed E-state index contributed by atoms with van der Waals surface area (Å²) in [5.74, 6) is 0.217. The lowest BCUT2D eigenvalue weighted by molar-refractivity contribution is -0.384. The van der Waals surface area contributed by atoms with Crippen LogP contribution in [0.1, 0.15) is 0 Å². The molecule has 0 aromatic heterocycles. The van der Waals surface area contributed by atoms with Crippen molar-refractivity contribution < 1.29 is 10.0 Å². The van der Waals surface area contributed by atoms with Gasteiger partial charge >= 0.3 is 0 Å². The Balaban J connectivity index is 1.78. The summed E-state index contributed by atoms with van der Waals surface area (Å²) in [4.78, 5) is 10.2. The van der Waals surface area contributed by atoms with E-state index in [0.29, 0.717) is 11.4 Å². The lowest BCUT2D eigenvalue weighted by Gasteiger charge is -2.02. The van der Waals surface area contributed by atoms with E-state index in [9.17, 15) is 15.2 Å². The molecule has 6 nitrogen and oxygen atoms in total. The molecular weight excluding hydrogens is 342 g/mol. The minimum atomic E-state index is -0.519. The topological polar surface area (TPSA) is 88.1 Å². The molecule has 0 saturated carbocycles. The number of hydrogen-bond donors (Lipinski definition) is 1. The number of azo groups is 1. The number of halogens is 1. The number of nitrogens with zero attached hydrogens (tertiary/aromatic N) is 3. The fourth-order valence-electron chi connectivity index (χ4n) is 2.18. The third kappa shape index (κ3) is 3.99. The van der Waals surface area contributed by atoms with Crippen molar-refractivity contribution in [3.8, 4) is 16.9 Å². The molecule has 0 bridgehead atoms. The molecule has 1 N–H and O–H groups in total. The number of nitro benzene ring substituents is 1. The summed E-state index contributed by atoms with van der Waals surface area (Å²) in [6.45, 7) is 0. The van der Waals surface area contributed by atoms with E-state index in [1.165, 1.54) is 18.2 Å². The molecule has 124 valence electrons. The van der Waals surface area contributed by atoms with Crippen molar-refractivity contribution in [1.82, 2.24) is 0 Å². The molecule has 0 aliphatic rings. The number of rotatable bonds is 4. The van der Waals surface area contributed by atoms with E-state index in [0.717, 1.165) is 11.1 Å². The molecule has 7 heteroatoms. The molecule has 0 spiro atoms. The van der Waals surface area contributed by atoms with Crippen LogP contribution in [0, 0.1) is 10.1 Å². The molecule has 3 rings (SSSR count). The largest absolute Gasteiger partial charge is 0.508 e. The van der Waals surface area contributed by atoms with Crippen LogP contribution in [0.3, 0.4) is 0 Å². The molecule has 0 amide bonds. The van der Waals surface area contributed by atoms with Crippen molar-refractivity contribution >= 4 is 28.7 Å². The summed E-state index contributed by atoms with van der Waals surface area (Å²) >= 11 is 5.98. The van der Waals surface area contributed by atoms with Gasteiger partial charge in [-0.3, -0.25) is 10.1 Å². The molecule has 3 aromatic rings. The summed E-state index contributed by atoms with van der Waals surface area (Å²) in [6.07, 6.45) is 0. The van der Waals surface area contributed by atoms with Crippen LogP contribution in [-0.4, -0.2) is 10.0 Å². The van der Waals surface area contributed by atoms with E-state index in [1.54, 1.807) is 24.3 Å². The van der Waals surface area contributed by atoms with Gasteiger partial charge in [0.05, 0.1) is 15.6 Å². The first-order valence-electron chi connectivity index (χ1n) is 7.28. The second-order valence-electron chi connectivity index (χ2n) is 5.19. The third-order valence-corrected chi connectivity index (χ3v) is 3.79. The normalized spacial score (nSPS) is 10.9. The molecule has 3 aromatic carbocycles. The van der Waals surface area contributed by atoms with Gasteiger partial charge in [0.2, 0.25) is 0 Å². The maximum Gasteiger partial charge on any atom is 0.271 e. The lowest BCUT2D eigenvalue weighted by Crippen LogP contribution is -1.86. The first-order chi connectivity index (χ1) is 12.0. The Morgan fingerprint density at radius 1 is 0.880 bits per heavy atom. The monoisotopic (exact) mass is 353 g/mol. The molecule has 25 heavy (non-hydrogen) atoms. The van der Waals surface area contributed by atoms with Gasteiger partial charge < -0.3 is 5.11 Å². The van der Waals surface area contributed by atoms with E-state index in [4.69, 9.17) is 11.6 Å². The van der Waals surface area contributed by atoms with E-state index in [1.807, 2.05) is 24.3 Å². The molecule has 0 saturated heterocycles. The average Bonchev–Trinajstić information content (AvgIpc) is 2.62. The van der Waals surface area contributed by atoms with Crippen molar-refractivity contribution in [1.29, 1.82) is 0 Å². The van der Waals surface area contributed by atoms with Crippen LogP contribution in [0.4, 0.5) is 17.1 Å². The SMILES string of the molecule is O=[N+]([O-])c1ccc(N=Nc2ccc(-c3ccc(O)cc3)cc2)c(Cl)c1. The molecule has 0 aliphatic heterocycles. The average molecular weight is 354 g/mol. The summed E-state index contributed by atoms with van der Waals surface area (Å²) < 4.78 is 0. The van der Waals surface area contributed by atoms with Gasteiger partial charge in [0, 0.05) is 12.1 Å². The molecule has 0 unspecified atom stereocenters. The van der Waals surface area contributed by atoms with Gasteiger partial charge in [-0.15, -0.1) is 5.11 Å². The fourth-order valence-corrected chi connectivity index (χ4v) is 2.39. The summed E-state index contributed by atoms with van der Waals surface area (Å²) in [5.41, 5.74) is 2.83. The standard InChI is InChI=1S/C18H12ClN3O3/c19-17-11-15(22(24)25)7-10-18(17)21-20-14-5-1-12(2-6-14)13-3-8-16(23)9-4-13/h1-11,23H. The predicted octanol–water partition coefficient (Wildman–Crippen LogP) is 6.04. The van der Waals surface area contributed by atoms with Gasteiger partial charge in [0.15, 0.2) is 0 Å². The highest BCUT2D eigenvalue weighted by Gasteiger charge is 2.08. The van der Waals surface area contributed by atoms with Gasteiger partial charge in [0.1, 0.15) is 11.4 Å². The second-order valence-corrected chi connectivity index (χ2v) is 5.59. The third-order valence-electron chi connectivity index (χ3n) is 3.48. The number of phenols is 1. The number of phenolic OH excluding ortho intramolecular Hbond substituents is 1. The minimum absolute atomic E-state index is 0.0952. The number of hydrogen-bond acceptors (Lipinski definition) is 5. The van der Waals surface area contributed by atoms with Crippen LogP contribution >= 0.6 is 11.6 Å². The Morgan fingerprint density at radius 3 is 2.04 bits per heavy atom. The quantitative estimate of drug-likeness (QED) is 0.352. The molecule has 0 atom stereocenters. The highest BCUT2D eigenvalue weighted by Crippen LogP contribution is 2.31. The first kappa shape index (κ1) is 16.6. The van der Waals surface area contributed by atoms with E-state index in [-0.39, 0.29) is 16.5 Å². The van der Waals surface area contributed by atoms with Crippen molar-refractivity contribution in [2.45, 2.75) is 0 Å². The van der Waals surface area contributed by atoms with Crippen LogP contribution < -0.4 is 0 Å². The molecule has 0 fully saturated rings. The molecule has 0 radical (unpaired) electrons. The van der Waals surface area contributed by atoms with Gasteiger partial charge in [0.25, 0.3) is 5.69 Å². The number of non-ortho nitro benzene ring substituents is 1. The van der Waals surface area contributed by atoms with Crippen molar-refractivity contribution in [3.63, 3.8) is 0 Å². The zero-order valence-electron chi connectivity index (χ0n) is 12.8. The van der Waals surface area contributed by atoms with Gasteiger partial charge in [-0.2, -0.15) is 5.11 Å². The smallest absolute Gasteiger partial charge is 0.271 e. The van der Waals surface area contributed by atoms with Crippen LogP contribution in [0.2, 0.25) is 5.02 Å². The number of benzene rings is 3. The highest BCUT2D eigenvalue weighted by atomic mass is 35.5. The Hall–Kier alpha value is -3.25. The zero-order chi connectivity index (χ0) is 17.8. The van der Waals surface area contributed by atoms with Crippen molar-refractivity contribution in [3.05, 3.63) is 81.9 Å². The van der Waals surface area contributed by atoms with Gasteiger partial charge in [-0.1, -0.05) is 35.9 Å². The fraction of sp³-hybridized carbons (Fsp3) is 0. The van der Waals surface area contributed by atoms with Gasteiger partial charge in [-0.25, -0.2) is 0 Å². The number of aromatic hydroxyl groups is 1. The predicted molar refractivity (Wildman–Crippen MR) is 95.8 cm³/mol. The highest BCUT2D eigenvalue weighted by molar-refractivity contribution is 6.33. The van der Waals surface area contributed by atoms with Crippen molar-refractivity contribution in [2.24, 2.45) is 10.2 Å². The van der Waals surface area contributed by atoms with Crippen LogP contribution in [0.25, 0.3) is 11.1 Å². The van der Waals surface area contributed by atoms with Crippen molar-refractivity contribution in [2.75, 3.05) is 0 Å². The minimum Gasteiger partial charge on any atom is -0.508 e. The zero-order valence-corrected chi connectivity index (χ0v) is 13.6. The first-order valence-corrected chi connectivity index (χ1v) is 7.66. The van der Waals surface area contributed by atoms with E-state index >= 15 is 0 Å². The Morgan fingerprint density at radius 2 is 1.48 bits per heavy atom. The summed E-state index contributed by atoms with van der Waals surface area (Å²) in [6, 6.07) is 18.3. The van der Waals surface area contributed by atoms with Crippen LogP contribution in [0.15, 0.2) is 77.0 Å². The number of nitro groups is 1. The van der Waals surface area contributed by atoms with Crippen LogP contribution in [0.5, 0.6) is 5.75 Å².